The van der Waals surface area contributed by atoms with E-state index in [1.807, 2.05) is 78.6 Å². The van der Waals surface area contributed by atoms with Crippen LogP contribution in [0.4, 0.5) is 5.95 Å². The molecule has 0 unspecified atom stereocenters. The van der Waals surface area contributed by atoms with Crippen molar-refractivity contribution in [3.05, 3.63) is 42.3 Å². The van der Waals surface area contributed by atoms with Crippen molar-refractivity contribution in [1.29, 1.82) is 0 Å². The van der Waals surface area contributed by atoms with Crippen LogP contribution in [0, 0.1) is 0 Å². The Bertz CT molecular complexity index is 720. The fourth-order valence-corrected chi connectivity index (χ4v) is 1.71. The molecule has 0 bridgehead atoms. The molecule has 2 heterocycles. The number of amidine groups is 1. The Morgan fingerprint density at radius 2 is 1.95 bits per heavy atom. The zero-order valence-corrected chi connectivity index (χ0v) is 13.9. The van der Waals surface area contributed by atoms with Crippen molar-refractivity contribution >= 4 is 11.8 Å². The maximum Gasteiger partial charge on any atom is 0.421 e. The van der Waals surface area contributed by atoms with Gasteiger partial charge in [-0.2, -0.15) is 0 Å². The summed E-state index contributed by atoms with van der Waals surface area (Å²) in [7, 11) is 5.77. The molecule has 0 fully saturated rings. The van der Waals surface area contributed by atoms with Gasteiger partial charge in [0.1, 0.15) is 0 Å². The first-order valence-corrected chi connectivity index (χ1v) is 6.76. The van der Waals surface area contributed by atoms with E-state index in [1.165, 1.54) is 0 Å². The van der Waals surface area contributed by atoms with Crippen molar-refractivity contribution in [2.45, 2.75) is 13.3 Å². The minimum absolute atomic E-state index is 0. The van der Waals surface area contributed by atoms with Gasteiger partial charge in [-0.1, -0.05) is 18.1 Å². The van der Waals surface area contributed by atoms with Gasteiger partial charge in [0.2, 0.25) is 0 Å². The second-order valence-electron chi connectivity index (χ2n) is 4.66. The molecule has 0 spiro atoms. The van der Waals surface area contributed by atoms with E-state index in [2.05, 4.69) is 20.4 Å². The number of nitrogens with zero attached hydrogens (tertiary/aromatic N) is 7. The molecule has 7 nitrogen and oxygen atoms in total. The first kappa shape index (κ1) is 17.8. The molecule has 2 aromatic heterocycles. The number of pyridine rings is 1. The van der Waals surface area contributed by atoms with E-state index < -0.39 is 0 Å². The molecule has 0 aliphatic carbocycles. The van der Waals surface area contributed by atoms with Gasteiger partial charge in [-0.15, -0.1) is 10.2 Å². The lowest BCUT2D eigenvalue weighted by atomic mass is 10.5. The summed E-state index contributed by atoms with van der Waals surface area (Å²) in [4.78, 5) is 0. The van der Waals surface area contributed by atoms with Gasteiger partial charge in [0.15, 0.2) is 11.3 Å². The molecular weight excluding hydrogens is 302 g/mol. The molecule has 2 aromatic rings. The standard InChI is InChI=1S/C14H20N7.ClH/c1-5-12(15-17-13-8-6-7-9-19(13)2)16-18-14-20(3)10-11-21(14)4;/h6-11H,5H2,1-4H3;1H/q+1;/p-1. The topological polar surface area (TPSA) is 63.2 Å². The SMILES string of the molecule is CCC(N=Nc1n(C)cc[n+]1C)=NN=c1ccccn1C.[Cl-]. The highest BCUT2D eigenvalue weighted by Gasteiger charge is 2.10. The second kappa shape index (κ2) is 8.23. The molecule has 22 heavy (non-hydrogen) atoms. The Hall–Kier alpha value is -2.28. The van der Waals surface area contributed by atoms with E-state index in [1.54, 1.807) is 0 Å². The molecule has 0 atom stereocenters. The second-order valence-corrected chi connectivity index (χ2v) is 4.66. The highest BCUT2D eigenvalue weighted by atomic mass is 35.5. The molecule has 0 saturated carbocycles. The summed E-state index contributed by atoms with van der Waals surface area (Å²) in [6.07, 6.45) is 6.43. The molecular formula is C14H20ClN7. The van der Waals surface area contributed by atoms with Gasteiger partial charge in [0.05, 0.1) is 26.5 Å². The number of azo groups is 1. The molecule has 118 valence electrons. The van der Waals surface area contributed by atoms with E-state index in [0.29, 0.717) is 12.3 Å². The summed E-state index contributed by atoms with van der Waals surface area (Å²) in [5.41, 5.74) is 0.767. The lowest BCUT2D eigenvalue weighted by molar-refractivity contribution is -0.657. The molecule has 0 aliphatic rings. The van der Waals surface area contributed by atoms with Crippen molar-refractivity contribution in [1.82, 2.24) is 9.13 Å². The average molecular weight is 322 g/mol. The molecule has 8 heteroatoms. The minimum atomic E-state index is 0. The van der Waals surface area contributed by atoms with E-state index >= 15 is 0 Å². The maximum absolute atomic E-state index is 4.22. The predicted molar refractivity (Wildman–Crippen MR) is 79.8 cm³/mol. The molecule has 0 aromatic carbocycles. The Balaban J connectivity index is 0.00000242. The Morgan fingerprint density at radius 1 is 1.18 bits per heavy atom. The highest BCUT2D eigenvalue weighted by Crippen LogP contribution is 2.05. The number of aromatic nitrogens is 3. The summed E-state index contributed by atoms with van der Waals surface area (Å²) in [6.45, 7) is 1.98. The van der Waals surface area contributed by atoms with Crippen LogP contribution in [-0.4, -0.2) is 15.0 Å². The fraction of sp³-hybridized carbons (Fsp3) is 0.357. The van der Waals surface area contributed by atoms with Crippen LogP contribution in [0.2, 0.25) is 0 Å². The average Bonchev–Trinajstić information content (AvgIpc) is 2.80. The maximum atomic E-state index is 4.22. The van der Waals surface area contributed by atoms with E-state index in [0.717, 1.165) is 11.4 Å². The molecule has 0 radical (unpaired) electrons. The third kappa shape index (κ3) is 4.36. The number of hydrogen-bond acceptors (Lipinski definition) is 3. The summed E-state index contributed by atoms with van der Waals surface area (Å²) >= 11 is 0. The van der Waals surface area contributed by atoms with Gasteiger partial charge < -0.3 is 17.0 Å². The van der Waals surface area contributed by atoms with E-state index in [4.69, 9.17) is 0 Å². The summed E-state index contributed by atoms with van der Waals surface area (Å²) in [5.74, 6) is 1.33. The third-order valence-electron chi connectivity index (χ3n) is 3.01. The van der Waals surface area contributed by atoms with Gasteiger partial charge in [-0.05, 0) is 12.1 Å². The fourth-order valence-electron chi connectivity index (χ4n) is 1.71. The van der Waals surface area contributed by atoms with Gasteiger partial charge in [0, 0.05) is 24.8 Å². The van der Waals surface area contributed by atoms with Crippen LogP contribution in [0.5, 0.6) is 0 Å². The zero-order valence-electron chi connectivity index (χ0n) is 13.2. The summed E-state index contributed by atoms with van der Waals surface area (Å²) in [5, 5.41) is 16.8. The first-order valence-electron chi connectivity index (χ1n) is 6.76. The summed E-state index contributed by atoms with van der Waals surface area (Å²) in [6, 6.07) is 5.76. The molecule has 2 rings (SSSR count). The van der Waals surface area contributed by atoms with E-state index in [-0.39, 0.29) is 12.4 Å². The third-order valence-corrected chi connectivity index (χ3v) is 3.01. The first-order chi connectivity index (χ1) is 10.1. The number of imidazole rings is 1. The zero-order chi connectivity index (χ0) is 15.2. The quantitative estimate of drug-likeness (QED) is 0.219. The van der Waals surface area contributed by atoms with Gasteiger partial charge in [-0.3, -0.25) is 0 Å². The number of halogens is 1. The van der Waals surface area contributed by atoms with Crippen molar-refractivity contribution in [3.8, 4) is 0 Å². The lowest BCUT2D eigenvalue weighted by Gasteiger charge is -1.95. The van der Waals surface area contributed by atoms with Gasteiger partial charge in [-0.25, -0.2) is 9.13 Å². The van der Waals surface area contributed by atoms with Crippen LogP contribution in [0.25, 0.3) is 0 Å². The van der Waals surface area contributed by atoms with Crippen LogP contribution in [0.3, 0.4) is 0 Å². The van der Waals surface area contributed by atoms with Crippen molar-refractivity contribution in [2.75, 3.05) is 0 Å². The largest absolute Gasteiger partial charge is 1.00 e. The number of aryl methyl sites for hydroxylation is 3. The Labute approximate surface area is 135 Å². The predicted octanol–water partition coefficient (Wildman–Crippen LogP) is -1.40. The molecule has 0 saturated heterocycles. The number of rotatable bonds is 3. The number of hydrogen-bond donors (Lipinski definition) is 0. The Morgan fingerprint density at radius 3 is 2.55 bits per heavy atom. The Kier molecular flexibility index (Phi) is 6.65. The minimum Gasteiger partial charge on any atom is -1.00 e. The van der Waals surface area contributed by atoms with Gasteiger partial charge in [0.25, 0.3) is 0 Å². The van der Waals surface area contributed by atoms with Crippen LogP contribution in [0.1, 0.15) is 13.3 Å². The van der Waals surface area contributed by atoms with Crippen molar-refractivity contribution < 1.29 is 17.0 Å². The molecule has 0 amide bonds. The van der Waals surface area contributed by atoms with Gasteiger partial charge >= 0.3 is 5.95 Å². The molecule has 0 N–H and O–H groups in total. The normalized spacial score (nSPS) is 12.7. The lowest BCUT2D eigenvalue weighted by Crippen LogP contribution is -3.00. The molecule has 0 aliphatic heterocycles. The van der Waals surface area contributed by atoms with Crippen LogP contribution >= 0.6 is 0 Å². The monoisotopic (exact) mass is 321 g/mol. The van der Waals surface area contributed by atoms with E-state index in [9.17, 15) is 0 Å². The van der Waals surface area contributed by atoms with Crippen LogP contribution in [-0.2, 0) is 21.1 Å². The summed E-state index contributed by atoms with van der Waals surface area (Å²) < 4.78 is 5.68. The van der Waals surface area contributed by atoms with Crippen molar-refractivity contribution in [2.24, 2.45) is 41.6 Å². The highest BCUT2D eigenvalue weighted by molar-refractivity contribution is 5.82. The van der Waals surface area contributed by atoms with Crippen LogP contribution < -0.4 is 22.5 Å². The van der Waals surface area contributed by atoms with Crippen molar-refractivity contribution in [3.63, 3.8) is 0 Å². The smallest absolute Gasteiger partial charge is 0.421 e. The van der Waals surface area contributed by atoms with Crippen LogP contribution in [0.15, 0.2) is 57.2 Å².